The van der Waals surface area contributed by atoms with Crippen molar-refractivity contribution in [2.24, 2.45) is 17.8 Å². The van der Waals surface area contributed by atoms with E-state index >= 15 is 0 Å². The highest BCUT2D eigenvalue weighted by atomic mass is 14.3. The van der Waals surface area contributed by atoms with Crippen LogP contribution in [0.2, 0.25) is 0 Å². The van der Waals surface area contributed by atoms with E-state index in [9.17, 15) is 0 Å². The van der Waals surface area contributed by atoms with Gasteiger partial charge in [0.05, 0.1) is 0 Å². The first-order valence-electron chi connectivity index (χ1n) is 4.43. The average molecular weight is 150 g/mol. The maximum Gasteiger partial charge on any atom is -0.0143 e. The molecule has 0 heteroatoms. The van der Waals surface area contributed by atoms with Crippen LogP contribution in [-0.4, -0.2) is 0 Å². The number of rotatable bonds is 2. The van der Waals surface area contributed by atoms with Gasteiger partial charge in [-0.25, -0.2) is 0 Å². The fraction of sp³-hybridized carbons (Fsp3) is 0.636. The quantitative estimate of drug-likeness (QED) is 0.529. The van der Waals surface area contributed by atoms with Crippen LogP contribution in [0.3, 0.4) is 0 Å². The molecule has 0 amide bonds. The Bertz CT molecular complexity index is 167. The Morgan fingerprint density at radius 2 is 2.09 bits per heavy atom. The molecule has 0 aliphatic heterocycles. The zero-order chi connectivity index (χ0) is 8.43. The van der Waals surface area contributed by atoms with Crippen LogP contribution in [0, 0.1) is 17.8 Å². The van der Waals surface area contributed by atoms with Crippen molar-refractivity contribution in [2.75, 3.05) is 0 Å². The molecule has 1 fully saturated rings. The second-order valence-corrected chi connectivity index (χ2v) is 3.93. The van der Waals surface area contributed by atoms with Crippen LogP contribution in [0.15, 0.2) is 24.8 Å². The molecule has 1 rings (SSSR count). The molecule has 0 N–H and O–H groups in total. The van der Waals surface area contributed by atoms with Gasteiger partial charge in [-0.2, -0.15) is 0 Å². The van der Waals surface area contributed by atoms with Gasteiger partial charge in [-0.15, -0.1) is 6.58 Å². The van der Waals surface area contributed by atoms with Crippen molar-refractivity contribution in [1.29, 1.82) is 0 Å². The number of allylic oxidation sites excluding steroid dienone is 2. The van der Waals surface area contributed by atoms with Crippen molar-refractivity contribution in [3.63, 3.8) is 0 Å². The Labute approximate surface area is 70.0 Å². The summed E-state index contributed by atoms with van der Waals surface area (Å²) in [5.41, 5.74) is 1.33. The molecular formula is C11H18. The van der Waals surface area contributed by atoms with Crippen LogP contribution >= 0.6 is 0 Å². The van der Waals surface area contributed by atoms with E-state index in [0.29, 0.717) is 11.8 Å². The Balaban J connectivity index is 2.64. The van der Waals surface area contributed by atoms with E-state index in [-0.39, 0.29) is 0 Å². The van der Waals surface area contributed by atoms with Crippen LogP contribution in [0.25, 0.3) is 0 Å². The van der Waals surface area contributed by atoms with Crippen molar-refractivity contribution in [3.8, 4) is 0 Å². The SMILES string of the molecule is C=CC1CC(C)CC1C(=C)C. The van der Waals surface area contributed by atoms with Gasteiger partial charge in [-0.05, 0) is 37.5 Å². The summed E-state index contributed by atoms with van der Waals surface area (Å²) in [7, 11) is 0. The summed E-state index contributed by atoms with van der Waals surface area (Å²) in [6, 6.07) is 0. The van der Waals surface area contributed by atoms with E-state index in [1.807, 2.05) is 0 Å². The molecular weight excluding hydrogens is 132 g/mol. The molecule has 3 unspecified atom stereocenters. The van der Waals surface area contributed by atoms with Crippen LogP contribution in [0.1, 0.15) is 26.7 Å². The Morgan fingerprint density at radius 3 is 2.45 bits per heavy atom. The molecule has 1 aliphatic rings. The maximum atomic E-state index is 4.02. The van der Waals surface area contributed by atoms with Gasteiger partial charge in [-0.3, -0.25) is 0 Å². The molecule has 62 valence electrons. The monoisotopic (exact) mass is 150 g/mol. The van der Waals surface area contributed by atoms with Crippen molar-refractivity contribution in [3.05, 3.63) is 24.8 Å². The van der Waals surface area contributed by atoms with Gasteiger partial charge in [0.2, 0.25) is 0 Å². The minimum atomic E-state index is 0.697. The van der Waals surface area contributed by atoms with Crippen LogP contribution in [-0.2, 0) is 0 Å². The summed E-state index contributed by atoms with van der Waals surface area (Å²) in [6.45, 7) is 12.3. The molecule has 0 spiro atoms. The lowest BCUT2D eigenvalue weighted by Crippen LogP contribution is -2.04. The van der Waals surface area contributed by atoms with Crippen molar-refractivity contribution >= 4 is 0 Å². The fourth-order valence-corrected chi connectivity index (χ4v) is 2.16. The van der Waals surface area contributed by atoms with Crippen LogP contribution < -0.4 is 0 Å². The van der Waals surface area contributed by atoms with E-state index in [1.54, 1.807) is 0 Å². The smallest absolute Gasteiger partial charge is 0.0143 e. The molecule has 0 bridgehead atoms. The second-order valence-electron chi connectivity index (χ2n) is 3.93. The first-order chi connectivity index (χ1) is 5.15. The molecule has 0 aromatic carbocycles. The Hall–Kier alpha value is -0.520. The summed E-state index contributed by atoms with van der Waals surface area (Å²) in [5.74, 6) is 2.27. The second kappa shape index (κ2) is 3.25. The molecule has 0 nitrogen and oxygen atoms in total. The Kier molecular flexibility index (Phi) is 2.53. The molecule has 0 heterocycles. The molecule has 0 aromatic heterocycles. The van der Waals surface area contributed by atoms with Gasteiger partial charge >= 0.3 is 0 Å². The van der Waals surface area contributed by atoms with E-state index in [4.69, 9.17) is 0 Å². The highest BCUT2D eigenvalue weighted by Gasteiger charge is 2.29. The minimum Gasteiger partial charge on any atom is -0.103 e. The first-order valence-corrected chi connectivity index (χ1v) is 4.43. The van der Waals surface area contributed by atoms with E-state index in [0.717, 1.165) is 5.92 Å². The van der Waals surface area contributed by atoms with Crippen LogP contribution in [0.5, 0.6) is 0 Å². The van der Waals surface area contributed by atoms with Crippen molar-refractivity contribution in [2.45, 2.75) is 26.7 Å². The zero-order valence-corrected chi connectivity index (χ0v) is 7.64. The van der Waals surface area contributed by atoms with Crippen molar-refractivity contribution < 1.29 is 0 Å². The van der Waals surface area contributed by atoms with Gasteiger partial charge in [0.15, 0.2) is 0 Å². The number of hydrogen-bond acceptors (Lipinski definition) is 0. The molecule has 11 heavy (non-hydrogen) atoms. The lowest BCUT2D eigenvalue weighted by molar-refractivity contribution is 0.531. The predicted molar refractivity (Wildman–Crippen MR) is 50.4 cm³/mol. The minimum absolute atomic E-state index is 0.697. The molecule has 3 atom stereocenters. The van der Waals surface area contributed by atoms with Gasteiger partial charge < -0.3 is 0 Å². The molecule has 1 aliphatic carbocycles. The third-order valence-corrected chi connectivity index (χ3v) is 2.78. The Morgan fingerprint density at radius 1 is 1.45 bits per heavy atom. The highest BCUT2D eigenvalue weighted by Crippen LogP contribution is 2.40. The summed E-state index contributed by atoms with van der Waals surface area (Å²) < 4.78 is 0. The highest BCUT2D eigenvalue weighted by molar-refractivity contribution is 5.07. The van der Waals surface area contributed by atoms with Crippen molar-refractivity contribution in [1.82, 2.24) is 0 Å². The summed E-state index contributed by atoms with van der Waals surface area (Å²) >= 11 is 0. The van der Waals surface area contributed by atoms with Gasteiger partial charge in [-0.1, -0.05) is 25.2 Å². The largest absolute Gasteiger partial charge is 0.103 e. The maximum absolute atomic E-state index is 4.02. The number of hydrogen-bond donors (Lipinski definition) is 0. The van der Waals surface area contributed by atoms with Gasteiger partial charge in [0.25, 0.3) is 0 Å². The van der Waals surface area contributed by atoms with E-state index in [2.05, 4.69) is 33.1 Å². The van der Waals surface area contributed by atoms with Crippen LogP contribution in [0.4, 0.5) is 0 Å². The van der Waals surface area contributed by atoms with Gasteiger partial charge in [0, 0.05) is 0 Å². The summed E-state index contributed by atoms with van der Waals surface area (Å²) in [5, 5.41) is 0. The molecule has 0 radical (unpaired) electrons. The van der Waals surface area contributed by atoms with E-state index < -0.39 is 0 Å². The third-order valence-electron chi connectivity index (χ3n) is 2.78. The predicted octanol–water partition coefficient (Wildman–Crippen LogP) is 3.41. The summed E-state index contributed by atoms with van der Waals surface area (Å²) in [4.78, 5) is 0. The molecule has 0 aromatic rings. The first kappa shape index (κ1) is 8.58. The normalized spacial score (nSPS) is 37.1. The molecule has 1 saturated carbocycles. The lowest BCUT2D eigenvalue weighted by Gasteiger charge is -2.14. The third kappa shape index (κ3) is 1.74. The summed E-state index contributed by atoms with van der Waals surface area (Å²) in [6.07, 6.45) is 4.72. The lowest BCUT2D eigenvalue weighted by atomic mass is 9.91. The fourth-order valence-electron chi connectivity index (χ4n) is 2.16. The standard InChI is InChI=1S/C11H18/c1-5-10-6-9(4)7-11(10)8(2)3/h5,9-11H,1-2,6-7H2,3-4H3. The average Bonchev–Trinajstić information content (AvgIpc) is 2.30. The van der Waals surface area contributed by atoms with E-state index in [1.165, 1.54) is 18.4 Å². The zero-order valence-electron chi connectivity index (χ0n) is 7.64. The van der Waals surface area contributed by atoms with Gasteiger partial charge in [0.1, 0.15) is 0 Å². The molecule has 0 saturated heterocycles. The topological polar surface area (TPSA) is 0 Å².